The van der Waals surface area contributed by atoms with E-state index in [-0.39, 0.29) is 0 Å². The molecule has 1 unspecified atom stereocenters. The van der Waals surface area contributed by atoms with Gasteiger partial charge in [0.2, 0.25) is 5.91 Å². The Kier molecular flexibility index (Phi) is 3.18. The first-order chi connectivity index (χ1) is 8.58. The van der Waals surface area contributed by atoms with Crippen LogP contribution in [0.25, 0.3) is 10.9 Å². The largest absolute Gasteiger partial charge is 0.368 e. The minimum Gasteiger partial charge on any atom is -0.368 e. The molecule has 0 aliphatic carbocycles. The Labute approximate surface area is 103 Å². The Morgan fingerprint density at radius 2 is 2.00 bits per heavy atom. The van der Waals surface area contributed by atoms with Gasteiger partial charge in [-0.15, -0.1) is 0 Å². The number of fused-ring (bicyclic) bond motifs is 1. The molecule has 0 bridgehead atoms. The van der Waals surface area contributed by atoms with Crippen LogP contribution in [-0.4, -0.2) is 23.0 Å². The maximum atomic E-state index is 11.2. The van der Waals surface area contributed by atoms with Gasteiger partial charge in [0.1, 0.15) is 6.04 Å². The van der Waals surface area contributed by atoms with E-state index in [1.165, 1.54) is 0 Å². The summed E-state index contributed by atoms with van der Waals surface area (Å²) in [4.78, 5) is 25.1. The number of urea groups is 1. The summed E-state index contributed by atoms with van der Waals surface area (Å²) in [6, 6.07) is 6.11. The lowest BCUT2D eigenvalue weighted by Crippen LogP contribution is -2.47. The summed E-state index contributed by atoms with van der Waals surface area (Å²) in [6.07, 6.45) is 2.10. The third kappa shape index (κ3) is 2.42. The summed E-state index contributed by atoms with van der Waals surface area (Å²) in [5.74, 6) is -0.612. The van der Waals surface area contributed by atoms with Crippen LogP contribution in [0.3, 0.4) is 0 Å². The van der Waals surface area contributed by atoms with E-state index in [0.29, 0.717) is 6.42 Å². The average molecular weight is 246 g/mol. The summed E-state index contributed by atoms with van der Waals surface area (Å²) < 4.78 is 0. The number of benzene rings is 1. The van der Waals surface area contributed by atoms with Crippen LogP contribution in [0.1, 0.15) is 5.56 Å². The van der Waals surface area contributed by atoms with Gasteiger partial charge in [-0.25, -0.2) is 4.79 Å². The Morgan fingerprint density at radius 3 is 2.67 bits per heavy atom. The molecular formula is C12H14N4O2. The number of nitrogens with two attached hydrogens (primary N) is 2. The summed E-state index contributed by atoms with van der Waals surface area (Å²) in [6.45, 7) is 0. The van der Waals surface area contributed by atoms with Gasteiger partial charge in [0.05, 0.1) is 0 Å². The maximum absolute atomic E-state index is 11.2. The molecule has 0 aliphatic rings. The predicted octanol–water partition coefficient (Wildman–Crippen LogP) is 0.233. The highest BCUT2D eigenvalue weighted by atomic mass is 16.2. The Hall–Kier alpha value is -2.50. The van der Waals surface area contributed by atoms with Crippen LogP contribution in [0.4, 0.5) is 4.79 Å². The van der Waals surface area contributed by atoms with E-state index in [0.717, 1.165) is 16.5 Å². The number of aromatic amines is 1. The molecule has 94 valence electrons. The first-order valence-corrected chi connectivity index (χ1v) is 5.48. The Balaban J connectivity index is 2.26. The van der Waals surface area contributed by atoms with Gasteiger partial charge in [-0.1, -0.05) is 18.2 Å². The summed E-state index contributed by atoms with van der Waals surface area (Å²) in [5, 5.41) is 3.33. The van der Waals surface area contributed by atoms with Crippen molar-refractivity contribution in [3.63, 3.8) is 0 Å². The van der Waals surface area contributed by atoms with Crippen LogP contribution < -0.4 is 16.8 Å². The third-order valence-electron chi connectivity index (χ3n) is 2.76. The molecule has 2 rings (SSSR count). The molecule has 0 fully saturated rings. The number of carbonyl (C=O) groups excluding carboxylic acids is 2. The van der Waals surface area contributed by atoms with E-state index in [2.05, 4.69) is 10.3 Å². The normalized spacial score (nSPS) is 12.2. The SMILES string of the molecule is NC(=O)NC(Cc1c[nH]c2ccccc12)C(N)=O. The highest BCUT2D eigenvalue weighted by molar-refractivity contribution is 5.88. The van der Waals surface area contributed by atoms with Crippen molar-refractivity contribution < 1.29 is 9.59 Å². The van der Waals surface area contributed by atoms with Crippen LogP contribution in [0.2, 0.25) is 0 Å². The van der Waals surface area contributed by atoms with Crippen LogP contribution >= 0.6 is 0 Å². The van der Waals surface area contributed by atoms with E-state index in [4.69, 9.17) is 11.5 Å². The van der Waals surface area contributed by atoms with Gasteiger partial charge in [0, 0.05) is 23.5 Å². The number of H-pyrrole nitrogens is 1. The molecular weight excluding hydrogens is 232 g/mol. The minimum atomic E-state index is -0.804. The van der Waals surface area contributed by atoms with Gasteiger partial charge in [-0.2, -0.15) is 0 Å². The Morgan fingerprint density at radius 1 is 1.28 bits per heavy atom. The zero-order chi connectivity index (χ0) is 13.1. The quantitative estimate of drug-likeness (QED) is 0.618. The highest BCUT2D eigenvalue weighted by Gasteiger charge is 2.18. The number of amides is 3. The van der Waals surface area contributed by atoms with E-state index in [1.54, 1.807) is 6.20 Å². The zero-order valence-electron chi connectivity index (χ0n) is 9.64. The van der Waals surface area contributed by atoms with Crippen LogP contribution in [0, 0.1) is 0 Å². The standard InChI is InChI=1S/C12H14N4O2/c13-11(17)10(16-12(14)18)5-7-6-15-9-4-2-1-3-8(7)9/h1-4,6,10,15H,5H2,(H2,13,17)(H3,14,16,18). The lowest BCUT2D eigenvalue weighted by atomic mass is 10.0. The molecule has 1 aromatic carbocycles. The fourth-order valence-electron chi connectivity index (χ4n) is 1.91. The second kappa shape index (κ2) is 4.79. The highest BCUT2D eigenvalue weighted by Crippen LogP contribution is 2.18. The second-order valence-electron chi connectivity index (χ2n) is 4.03. The molecule has 0 saturated heterocycles. The zero-order valence-corrected chi connectivity index (χ0v) is 9.64. The number of primary amides is 2. The topological polar surface area (TPSA) is 114 Å². The van der Waals surface area contributed by atoms with Crippen molar-refractivity contribution in [3.8, 4) is 0 Å². The van der Waals surface area contributed by atoms with Gasteiger partial charge < -0.3 is 21.8 Å². The summed E-state index contributed by atoms with van der Waals surface area (Å²) in [7, 11) is 0. The van der Waals surface area contributed by atoms with Crippen molar-refractivity contribution in [2.75, 3.05) is 0 Å². The van der Waals surface area contributed by atoms with Crippen LogP contribution in [0.5, 0.6) is 0 Å². The average Bonchev–Trinajstić information content (AvgIpc) is 2.71. The number of hydrogen-bond donors (Lipinski definition) is 4. The monoisotopic (exact) mass is 246 g/mol. The van der Waals surface area contributed by atoms with E-state index >= 15 is 0 Å². The van der Waals surface area contributed by atoms with E-state index in [1.807, 2.05) is 24.3 Å². The number of hydrogen-bond acceptors (Lipinski definition) is 2. The number of nitrogens with one attached hydrogen (secondary N) is 2. The minimum absolute atomic E-state index is 0.308. The third-order valence-corrected chi connectivity index (χ3v) is 2.76. The number of para-hydroxylation sites is 1. The molecule has 6 heteroatoms. The van der Waals surface area contributed by atoms with Gasteiger partial charge in [-0.05, 0) is 11.6 Å². The lowest BCUT2D eigenvalue weighted by Gasteiger charge is -2.13. The van der Waals surface area contributed by atoms with Gasteiger partial charge in [-0.3, -0.25) is 4.79 Å². The first-order valence-electron chi connectivity index (χ1n) is 5.48. The van der Waals surface area contributed by atoms with Crippen molar-refractivity contribution >= 4 is 22.8 Å². The second-order valence-corrected chi connectivity index (χ2v) is 4.03. The van der Waals surface area contributed by atoms with Crippen molar-refractivity contribution in [1.29, 1.82) is 0 Å². The molecule has 0 radical (unpaired) electrons. The molecule has 2 aromatic rings. The summed E-state index contributed by atoms with van der Waals surface area (Å²) >= 11 is 0. The molecule has 1 aromatic heterocycles. The molecule has 0 saturated carbocycles. The smallest absolute Gasteiger partial charge is 0.312 e. The van der Waals surface area contributed by atoms with Gasteiger partial charge in [0.15, 0.2) is 0 Å². The lowest BCUT2D eigenvalue weighted by molar-refractivity contribution is -0.119. The Bertz CT molecular complexity index is 591. The molecule has 6 N–H and O–H groups in total. The van der Waals surface area contributed by atoms with E-state index < -0.39 is 18.0 Å². The predicted molar refractivity (Wildman–Crippen MR) is 67.7 cm³/mol. The van der Waals surface area contributed by atoms with Crippen molar-refractivity contribution in [3.05, 3.63) is 36.0 Å². The fraction of sp³-hybridized carbons (Fsp3) is 0.167. The van der Waals surface area contributed by atoms with Crippen molar-refractivity contribution in [2.45, 2.75) is 12.5 Å². The van der Waals surface area contributed by atoms with Gasteiger partial charge in [0.25, 0.3) is 0 Å². The molecule has 18 heavy (non-hydrogen) atoms. The first kappa shape index (κ1) is 12.0. The molecule has 1 heterocycles. The molecule has 0 spiro atoms. The fourth-order valence-corrected chi connectivity index (χ4v) is 1.91. The van der Waals surface area contributed by atoms with Crippen molar-refractivity contribution in [1.82, 2.24) is 10.3 Å². The number of carbonyl (C=O) groups is 2. The van der Waals surface area contributed by atoms with Crippen LogP contribution in [-0.2, 0) is 11.2 Å². The van der Waals surface area contributed by atoms with Gasteiger partial charge >= 0.3 is 6.03 Å². The number of aromatic nitrogens is 1. The molecule has 3 amide bonds. The summed E-state index contributed by atoms with van der Waals surface area (Å²) in [5.41, 5.74) is 12.1. The molecule has 6 nitrogen and oxygen atoms in total. The number of rotatable bonds is 4. The van der Waals surface area contributed by atoms with Crippen molar-refractivity contribution in [2.24, 2.45) is 11.5 Å². The maximum Gasteiger partial charge on any atom is 0.312 e. The van der Waals surface area contributed by atoms with Crippen LogP contribution in [0.15, 0.2) is 30.5 Å². The molecule has 0 aliphatic heterocycles. The molecule has 1 atom stereocenters. The van der Waals surface area contributed by atoms with E-state index in [9.17, 15) is 9.59 Å².